The Hall–Kier alpha value is -3.50. The SMILES string of the molecule is CCSc1cc(C(Cc2ccccc2)C(=O)OCc2ccccc2)cc2[nH]c3ccccc3c12. The third kappa shape index (κ3) is 4.73. The smallest absolute Gasteiger partial charge is 0.314 e. The van der Waals surface area contributed by atoms with Crippen LogP contribution >= 0.6 is 11.8 Å². The second-order valence-corrected chi connectivity index (χ2v) is 9.69. The molecule has 0 fully saturated rings. The fourth-order valence-electron chi connectivity index (χ4n) is 4.46. The van der Waals surface area contributed by atoms with Crippen molar-refractivity contribution in [2.45, 2.75) is 30.8 Å². The minimum absolute atomic E-state index is 0.199. The lowest BCUT2D eigenvalue weighted by atomic mass is 9.91. The predicted octanol–water partition coefficient (Wildman–Crippen LogP) is 7.50. The van der Waals surface area contributed by atoms with Crippen LogP contribution in [0.1, 0.15) is 29.5 Å². The molecule has 170 valence electrons. The standard InChI is InChI=1S/C30H27NO2S/c1-2-34-28-19-23(18-27-29(28)24-15-9-10-16-26(24)31-27)25(17-21-11-5-3-6-12-21)30(32)33-20-22-13-7-4-8-14-22/h3-16,18-19,25,31H,2,17,20H2,1H3. The van der Waals surface area contributed by atoms with E-state index in [1.165, 1.54) is 15.7 Å². The van der Waals surface area contributed by atoms with Crippen LogP contribution in [0.25, 0.3) is 21.8 Å². The van der Waals surface area contributed by atoms with Gasteiger partial charge in [-0.2, -0.15) is 0 Å². The van der Waals surface area contributed by atoms with E-state index in [9.17, 15) is 4.79 Å². The van der Waals surface area contributed by atoms with E-state index in [0.29, 0.717) is 6.42 Å². The van der Waals surface area contributed by atoms with Crippen molar-refractivity contribution in [2.75, 3.05) is 5.75 Å². The van der Waals surface area contributed by atoms with Crippen LogP contribution in [0.15, 0.2) is 102 Å². The summed E-state index contributed by atoms with van der Waals surface area (Å²) < 4.78 is 5.83. The number of para-hydroxylation sites is 1. The van der Waals surface area contributed by atoms with Gasteiger partial charge in [0.05, 0.1) is 5.92 Å². The quantitative estimate of drug-likeness (QED) is 0.190. The van der Waals surface area contributed by atoms with Gasteiger partial charge in [0.1, 0.15) is 6.61 Å². The summed E-state index contributed by atoms with van der Waals surface area (Å²) in [6.07, 6.45) is 0.594. The number of fused-ring (bicyclic) bond motifs is 3. The lowest BCUT2D eigenvalue weighted by molar-refractivity contribution is -0.146. The second-order valence-electron chi connectivity index (χ2n) is 8.38. The van der Waals surface area contributed by atoms with Crippen LogP contribution in [0, 0.1) is 0 Å². The fraction of sp³-hybridized carbons (Fsp3) is 0.167. The lowest BCUT2D eigenvalue weighted by Gasteiger charge is -2.18. The van der Waals surface area contributed by atoms with E-state index in [0.717, 1.165) is 33.5 Å². The summed E-state index contributed by atoms with van der Waals surface area (Å²) in [5.41, 5.74) is 5.26. The summed E-state index contributed by atoms with van der Waals surface area (Å²) in [4.78, 5) is 18.2. The topological polar surface area (TPSA) is 42.1 Å². The van der Waals surface area contributed by atoms with Gasteiger partial charge in [0.15, 0.2) is 0 Å². The first-order valence-corrected chi connectivity index (χ1v) is 12.6. The van der Waals surface area contributed by atoms with Gasteiger partial charge >= 0.3 is 5.97 Å². The van der Waals surface area contributed by atoms with E-state index >= 15 is 0 Å². The van der Waals surface area contributed by atoms with Gasteiger partial charge in [-0.05, 0) is 47.1 Å². The highest BCUT2D eigenvalue weighted by Crippen LogP contribution is 2.37. The second kappa shape index (κ2) is 10.2. The molecule has 1 aromatic heterocycles. The number of aromatic amines is 1. The number of carbonyl (C=O) groups excluding carboxylic acids is 1. The Bertz CT molecular complexity index is 1410. The Kier molecular flexibility index (Phi) is 6.68. The first-order chi connectivity index (χ1) is 16.7. The van der Waals surface area contributed by atoms with Crippen LogP contribution in [-0.2, 0) is 22.6 Å². The van der Waals surface area contributed by atoms with E-state index in [1.807, 2.05) is 66.4 Å². The molecule has 0 amide bonds. The third-order valence-corrected chi connectivity index (χ3v) is 7.01. The number of rotatable bonds is 8. The Morgan fingerprint density at radius 2 is 1.53 bits per heavy atom. The molecule has 1 unspecified atom stereocenters. The molecule has 0 aliphatic heterocycles. The van der Waals surface area contributed by atoms with Gasteiger partial charge in [-0.15, -0.1) is 11.8 Å². The molecule has 1 atom stereocenters. The minimum atomic E-state index is -0.391. The molecule has 1 N–H and O–H groups in total. The molecule has 0 aliphatic carbocycles. The van der Waals surface area contributed by atoms with Crippen molar-refractivity contribution < 1.29 is 9.53 Å². The molecule has 3 nitrogen and oxygen atoms in total. The summed E-state index contributed by atoms with van der Waals surface area (Å²) in [5.74, 6) is 0.369. The Morgan fingerprint density at radius 1 is 0.853 bits per heavy atom. The molecule has 4 heteroatoms. The molecule has 0 saturated heterocycles. The molecule has 5 rings (SSSR count). The largest absolute Gasteiger partial charge is 0.460 e. The monoisotopic (exact) mass is 465 g/mol. The number of nitrogens with one attached hydrogen (secondary N) is 1. The molecular formula is C30H27NO2S. The highest BCUT2D eigenvalue weighted by molar-refractivity contribution is 7.99. The zero-order valence-electron chi connectivity index (χ0n) is 19.2. The maximum Gasteiger partial charge on any atom is 0.314 e. The summed E-state index contributed by atoms with van der Waals surface area (Å²) in [7, 11) is 0. The molecule has 1 heterocycles. The first-order valence-electron chi connectivity index (χ1n) is 11.6. The number of hydrogen-bond donors (Lipinski definition) is 1. The number of aromatic nitrogens is 1. The molecular weight excluding hydrogens is 438 g/mol. The predicted molar refractivity (Wildman–Crippen MR) is 141 cm³/mol. The highest BCUT2D eigenvalue weighted by atomic mass is 32.2. The zero-order valence-corrected chi connectivity index (χ0v) is 20.0. The molecule has 0 aliphatic rings. The van der Waals surface area contributed by atoms with Crippen molar-refractivity contribution in [2.24, 2.45) is 0 Å². The molecule has 0 spiro atoms. The number of H-pyrrole nitrogens is 1. The van der Waals surface area contributed by atoms with Crippen LogP contribution in [0.3, 0.4) is 0 Å². The van der Waals surface area contributed by atoms with E-state index in [1.54, 1.807) is 0 Å². The number of benzene rings is 4. The van der Waals surface area contributed by atoms with Crippen LogP contribution < -0.4 is 0 Å². The van der Waals surface area contributed by atoms with E-state index in [4.69, 9.17) is 4.74 Å². The van der Waals surface area contributed by atoms with Crippen LogP contribution in [0.2, 0.25) is 0 Å². The number of ether oxygens (including phenoxy) is 1. The normalized spacial score (nSPS) is 12.1. The van der Waals surface area contributed by atoms with Crippen molar-refractivity contribution >= 4 is 39.5 Å². The average molecular weight is 466 g/mol. The van der Waals surface area contributed by atoms with Crippen molar-refractivity contribution in [1.29, 1.82) is 0 Å². The molecule has 34 heavy (non-hydrogen) atoms. The Labute approximate surface area is 204 Å². The van der Waals surface area contributed by atoms with Crippen LogP contribution in [0.4, 0.5) is 0 Å². The number of hydrogen-bond acceptors (Lipinski definition) is 3. The van der Waals surface area contributed by atoms with Crippen LogP contribution in [0.5, 0.6) is 0 Å². The van der Waals surface area contributed by atoms with Gasteiger partial charge < -0.3 is 9.72 Å². The maximum atomic E-state index is 13.5. The van der Waals surface area contributed by atoms with Crippen molar-refractivity contribution in [3.8, 4) is 0 Å². The summed E-state index contributed by atoms with van der Waals surface area (Å²) in [5, 5.41) is 2.44. The van der Waals surface area contributed by atoms with Crippen molar-refractivity contribution in [1.82, 2.24) is 4.98 Å². The summed E-state index contributed by atoms with van der Waals surface area (Å²) in [6, 6.07) is 32.7. The minimum Gasteiger partial charge on any atom is -0.460 e. The van der Waals surface area contributed by atoms with E-state index < -0.39 is 5.92 Å². The highest BCUT2D eigenvalue weighted by Gasteiger charge is 2.25. The third-order valence-electron chi connectivity index (χ3n) is 6.08. The van der Waals surface area contributed by atoms with Gasteiger partial charge in [0, 0.05) is 26.7 Å². The Balaban J connectivity index is 1.55. The first kappa shape index (κ1) is 22.3. The van der Waals surface area contributed by atoms with Crippen molar-refractivity contribution in [3.63, 3.8) is 0 Å². The molecule has 5 aromatic rings. The lowest BCUT2D eigenvalue weighted by Crippen LogP contribution is -2.18. The van der Waals surface area contributed by atoms with Crippen molar-refractivity contribution in [3.05, 3.63) is 114 Å². The Morgan fingerprint density at radius 3 is 2.26 bits per heavy atom. The van der Waals surface area contributed by atoms with Gasteiger partial charge in [-0.25, -0.2) is 0 Å². The fourth-order valence-corrected chi connectivity index (χ4v) is 5.35. The van der Waals surface area contributed by atoms with Gasteiger partial charge in [0.2, 0.25) is 0 Å². The average Bonchev–Trinajstić information content (AvgIpc) is 3.26. The van der Waals surface area contributed by atoms with Gasteiger partial charge in [-0.3, -0.25) is 4.79 Å². The van der Waals surface area contributed by atoms with E-state index in [-0.39, 0.29) is 12.6 Å². The summed E-state index contributed by atoms with van der Waals surface area (Å²) >= 11 is 1.81. The van der Waals surface area contributed by atoms with Crippen LogP contribution in [-0.4, -0.2) is 16.7 Å². The molecule has 4 aromatic carbocycles. The van der Waals surface area contributed by atoms with E-state index in [2.05, 4.69) is 54.4 Å². The molecule has 0 saturated carbocycles. The number of esters is 1. The molecule has 0 radical (unpaired) electrons. The number of carbonyl (C=O) groups is 1. The summed E-state index contributed by atoms with van der Waals surface area (Å²) in [6.45, 7) is 2.43. The zero-order chi connectivity index (χ0) is 23.3. The maximum absolute atomic E-state index is 13.5. The van der Waals surface area contributed by atoms with Gasteiger partial charge in [0.25, 0.3) is 0 Å². The molecule has 0 bridgehead atoms. The number of thioether (sulfide) groups is 1. The van der Waals surface area contributed by atoms with Gasteiger partial charge in [-0.1, -0.05) is 85.8 Å².